The number of aromatic nitrogens is 1. The Hall–Kier alpha value is -2.70. The molecule has 0 bridgehead atoms. The first-order valence-electron chi connectivity index (χ1n) is 8.70. The molecule has 1 amide bonds. The molecule has 5 nitrogen and oxygen atoms in total. The molecule has 0 aliphatic rings. The van der Waals surface area contributed by atoms with Crippen molar-refractivity contribution in [3.8, 4) is 10.6 Å². The summed E-state index contributed by atoms with van der Waals surface area (Å²) in [5, 5.41) is 4.04. The summed E-state index contributed by atoms with van der Waals surface area (Å²) in [6.45, 7) is 3.55. The van der Waals surface area contributed by atoms with Crippen LogP contribution >= 0.6 is 22.9 Å². The maximum absolute atomic E-state index is 12.5. The summed E-state index contributed by atoms with van der Waals surface area (Å²) < 4.78 is 5.33. The fraction of sp³-hybridized carbons (Fsp3) is 0.190. The van der Waals surface area contributed by atoms with Crippen molar-refractivity contribution in [3.63, 3.8) is 0 Å². The molecule has 1 heterocycles. The Morgan fingerprint density at radius 2 is 1.82 bits per heavy atom. The predicted molar refractivity (Wildman–Crippen MR) is 110 cm³/mol. The third-order valence-electron chi connectivity index (χ3n) is 4.07. The zero-order chi connectivity index (χ0) is 20.1. The lowest BCUT2D eigenvalue weighted by Gasteiger charge is -2.13. The molecule has 1 N–H and O–H groups in total. The van der Waals surface area contributed by atoms with E-state index in [0.29, 0.717) is 15.6 Å². The highest BCUT2D eigenvalue weighted by molar-refractivity contribution is 7.17. The standard InChI is InChI=1S/C21H19ClN2O3S/c1-13-18(28-20(24-13)15-8-4-3-5-9-15)21(26)27-14(2)19(25)23-12-16-10-6-7-11-17(16)22/h3-11,14H,12H2,1-2H3,(H,23,25)/t14-/m0/s1. The molecule has 0 radical (unpaired) electrons. The molecule has 144 valence electrons. The van der Waals surface area contributed by atoms with Crippen molar-refractivity contribution in [3.05, 3.63) is 75.8 Å². The maximum atomic E-state index is 12.5. The quantitative estimate of drug-likeness (QED) is 0.597. The average molecular weight is 415 g/mol. The van der Waals surface area contributed by atoms with Gasteiger partial charge in [0.05, 0.1) is 5.69 Å². The zero-order valence-corrected chi connectivity index (χ0v) is 17.0. The van der Waals surface area contributed by atoms with E-state index >= 15 is 0 Å². The molecular formula is C21H19ClN2O3S. The van der Waals surface area contributed by atoms with E-state index < -0.39 is 18.0 Å². The van der Waals surface area contributed by atoms with Crippen LogP contribution in [0, 0.1) is 6.92 Å². The van der Waals surface area contributed by atoms with E-state index in [1.807, 2.05) is 48.5 Å². The van der Waals surface area contributed by atoms with Crippen LogP contribution in [0.25, 0.3) is 10.6 Å². The molecule has 3 rings (SSSR count). The monoisotopic (exact) mass is 414 g/mol. The van der Waals surface area contributed by atoms with Gasteiger partial charge in [-0.15, -0.1) is 11.3 Å². The first-order valence-corrected chi connectivity index (χ1v) is 9.90. The van der Waals surface area contributed by atoms with Crippen molar-refractivity contribution in [2.75, 3.05) is 0 Å². The van der Waals surface area contributed by atoms with Gasteiger partial charge in [0.1, 0.15) is 9.88 Å². The van der Waals surface area contributed by atoms with Crippen molar-refractivity contribution in [2.45, 2.75) is 26.5 Å². The van der Waals surface area contributed by atoms with Gasteiger partial charge in [-0.2, -0.15) is 0 Å². The number of amides is 1. The van der Waals surface area contributed by atoms with Crippen molar-refractivity contribution < 1.29 is 14.3 Å². The first-order chi connectivity index (χ1) is 13.5. The summed E-state index contributed by atoms with van der Waals surface area (Å²) in [5.74, 6) is -0.948. The van der Waals surface area contributed by atoms with Gasteiger partial charge in [-0.25, -0.2) is 9.78 Å². The van der Waals surface area contributed by atoms with Gasteiger partial charge in [0.25, 0.3) is 5.91 Å². The Morgan fingerprint density at radius 3 is 2.54 bits per heavy atom. The number of aryl methyl sites for hydroxylation is 1. The van der Waals surface area contributed by atoms with Gasteiger partial charge in [0, 0.05) is 17.1 Å². The summed E-state index contributed by atoms with van der Waals surface area (Å²) in [5.41, 5.74) is 2.31. The molecule has 0 unspecified atom stereocenters. The van der Waals surface area contributed by atoms with Crippen LogP contribution in [0.3, 0.4) is 0 Å². The number of rotatable bonds is 6. The van der Waals surface area contributed by atoms with Crippen LogP contribution in [0.4, 0.5) is 0 Å². The second-order valence-corrected chi connectivity index (χ2v) is 7.56. The van der Waals surface area contributed by atoms with E-state index in [1.165, 1.54) is 18.3 Å². The summed E-state index contributed by atoms with van der Waals surface area (Å²) in [6.07, 6.45) is -0.934. The Balaban J connectivity index is 1.62. The van der Waals surface area contributed by atoms with Crippen LogP contribution in [-0.2, 0) is 16.1 Å². The molecule has 7 heteroatoms. The average Bonchev–Trinajstić information content (AvgIpc) is 3.09. The Morgan fingerprint density at radius 1 is 1.14 bits per heavy atom. The Kier molecular flexibility index (Phi) is 6.44. The molecule has 2 aromatic carbocycles. The number of benzene rings is 2. The Labute approximate surface area is 172 Å². The minimum atomic E-state index is -0.934. The zero-order valence-electron chi connectivity index (χ0n) is 15.4. The van der Waals surface area contributed by atoms with Gasteiger partial charge in [-0.3, -0.25) is 4.79 Å². The van der Waals surface area contributed by atoms with E-state index in [-0.39, 0.29) is 6.54 Å². The molecule has 1 aromatic heterocycles. The van der Waals surface area contributed by atoms with Crippen LogP contribution in [0.5, 0.6) is 0 Å². The van der Waals surface area contributed by atoms with Crippen LogP contribution < -0.4 is 5.32 Å². The minimum absolute atomic E-state index is 0.262. The van der Waals surface area contributed by atoms with Gasteiger partial charge in [-0.05, 0) is 25.5 Å². The second-order valence-electron chi connectivity index (χ2n) is 6.16. The smallest absolute Gasteiger partial charge is 0.351 e. The molecule has 0 spiro atoms. The third kappa shape index (κ3) is 4.77. The van der Waals surface area contributed by atoms with E-state index in [2.05, 4.69) is 10.3 Å². The first kappa shape index (κ1) is 20.0. The number of thiazole rings is 1. The lowest BCUT2D eigenvalue weighted by Crippen LogP contribution is -2.35. The highest BCUT2D eigenvalue weighted by Gasteiger charge is 2.23. The number of esters is 1. The predicted octanol–water partition coefficient (Wildman–Crippen LogP) is 4.63. The van der Waals surface area contributed by atoms with E-state index in [1.54, 1.807) is 13.0 Å². The molecule has 0 saturated carbocycles. The van der Waals surface area contributed by atoms with Crippen molar-refractivity contribution in [1.82, 2.24) is 10.3 Å². The highest BCUT2D eigenvalue weighted by Crippen LogP contribution is 2.28. The molecular weight excluding hydrogens is 396 g/mol. The third-order valence-corrected chi connectivity index (χ3v) is 5.62. The van der Waals surface area contributed by atoms with Gasteiger partial charge in [0.2, 0.25) is 0 Å². The number of halogens is 1. The molecule has 0 aliphatic heterocycles. The number of hydrogen-bond donors (Lipinski definition) is 1. The lowest BCUT2D eigenvalue weighted by molar-refractivity contribution is -0.129. The summed E-state index contributed by atoms with van der Waals surface area (Å²) in [4.78, 5) is 29.6. The van der Waals surface area contributed by atoms with Gasteiger partial charge >= 0.3 is 5.97 Å². The van der Waals surface area contributed by atoms with Crippen LogP contribution in [0.2, 0.25) is 5.02 Å². The van der Waals surface area contributed by atoms with Crippen LogP contribution in [0.1, 0.15) is 27.9 Å². The number of hydrogen-bond acceptors (Lipinski definition) is 5. The molecule has 0 aliphatic carbocycles. The SMILES string of the molecule is Cc1nc(-c2ccccc2)sc1C(=O)O[C@@H](C)C(=O)NCc1ccccc1Cl. The number of nitrogens with one attached hydrogen (secondary N) is 1. The molecule has 28 heavy (non-hydrogen) atoms. The van der Waals surface area contributed by atoms with E-state index in [4.69, 9.17) is 16.3 Å². The molecule has 0 saturated heterocycles. The topological polar surface area (TPSA) is 68.3 Å². The highest BCUT2D eigenvalue weighted by atomic mass is 35.5. The summed E-state index contributed by atoms with van der Waals surface area (Å²) in [6, 6.07) is 16.8. The van der Waals surface area contributed by atoms with Gasteiger partial charge in [0.15, 0.2) is 6.10 Å². The van der Waals surface area contributed by atoms with E-state index in [0.717, 1.165) is 16.1 Å². The van der Waals surface area contributed by atoms with Gasteiger partial charge < -0.3 is 10.1 Å². The fourth-order valence-corrected chi connectivity index (χ4v) is 3.68. The van der Waals surface area contributed by atoms with Gasteiger partial charge in [-0.1, -0.05) is 60.1 Å². The van der Waals surface area contributed by atoms with Crippen molar-refractivity contribution >= 4 is 34.8 Å². The fourth-order valence-electron chi connectivity index (χ4n) is 2.53. The summed E-state index contributed by atoms with van der Waals surface area (Å²) >= 11 is 7.33. The minimum Gasteiger partial charge on any atom is -0.448 e. The number of nitrogens with zero attached hydrogens (tertiary/aromatic N) is 1. The maximum Gasteiger partial charge on any atom is 0.351 e. The molecule has 3 aromatic rings. The molecule has 0 fully saturated rings. The normalized spacial score (nSPS) is 11.7. The van der Waals surface area contributed by atoms with E-state index in [9.17, 15) is 9.59 Å². The van der Waals surface area contributed by atoms with Crippen molar-refractivity contribution in [2.24, 2.45) is 0 Å². The number of ether oxygens (including phenoxy) is 1. The van der Waals surface area contributed by atoms with Crippen LogP contribution in [-0.4, -0.2) is 23.0 Å². The molecule has 1 atom stereocenters. The lowest BCUT2D eigenvalue weighted by atomic mass is 10.2. The largest absolute Gasteiger partial charge is 0.448 e. The number of carbonyl (C=O) groups excluding carboxylic acids is 2. The van der Waals surface area contributed by atoms with Crippen LogP contribution in [0.15, 0.2) is 54.6 Å². The summed E-state index contributed by atoms with van der Waals surface area (Å²) in [7, 11) is 0. The van der Waals surface area contributed by atoms with Crippen molar-refractivity contribution in [1.29, 1.82) is 0 Å². The Bertz CT molecular complexity index is 988. The second kappa shape index (κ2) is 8.99. The number of carbonyl (C=O) groups is 2.